The molecule has 2 rings (SSSR count). The van der Waals surface area contributed by atoms with Crippen LogP contribution in [0.4, 0.5) is 5.69 Å². The van der Waals surface area contributed by atoms with E-state index < -0.39 is 4.92 Å². The first-order valence-electron chi connectivity index (χ1n) is 6.44. The third-order valence-corrected chi connectivity index (χ3v) is 3.17. The molecule has 0 amide bonds. The van der Waals surface area contributed by atoms with E-state index in [-0.39, 0.29) is 17.6 Å². The summed E-state index contributed by atoms with van der Waals surface area (Å²) in [5.41, 5.74) is 6.40. The maximum Gasteiger partial charge on any atom is 0.270 e. The van der Waals surface area contributed by atoms with Gasteiger partial charge in [-0.2, -0.15) is 5.10 Å². The topological polar surface area (TPSA) is 120 Å². The van der Waals surface area contributed by atoms with Gasteiger partial charge >= 0.3 is 0 Å². The van der Waals surface area contributed by atoms with Crippen molar-refractivity contribution in [2.75, 3.05) is 7.11 Å². The molecule has 0 aliphatic carbocycles. The molecule has 1 aromatic heterocycles. The number of nitro benzene ring substituents is 1. The van der Waals surface area contributed by atoms with Crippen LogP contribution in [-0.2, 0) is 0 Å². The van der Waals surface area contributed by atoms with Crippen LogP contribution in [0.5, 0.6) is 5.75 Å². The van der Waals surface area contributed by atoms with Gasteiger partial charge in [0.15, 0.2) is 5.82 Å². The number of aromatic nitrogens is 3. The number of methoxy groups -OCH3 is 1. The van der Waals surface area contributed by atoms with Crippen LogP contribution in [-0.4, -0.2) is 27.2 Å². The Kier molecular flexibility index (Phi) is 4.18. The third kappa shape index (κ3) is 3.00. The second-order valence-corrected chi connectivity index (χ2v) is 4.96. The summed E-state index contributed by atoms with van der Waals surface area (Å²) in [5, 5.41) is 17.7. The predicted octanol–water partition coefficient (Wildman–Crippen LogP) is 2.04. The number of H-pyrrole nitrogens is 1. The number of nitrogens with two attached hydrogens (primary N) is 1. The smallest absolute Gasteiger partial charge is 0.270 e. The molecule has 0 saturated carbocycles. The van der Waals surface area contributed by atoms with Crippen molar-refractivity contribution in [1.82, 2.24) is 15.2 Å². The fraction of sp³-hybridized carbons (Fsp3) is 0.385. The number of rotatable bonds is 5. The molecule has 1 atom stereocenters. The fourth-order valence-electron chi connectivity index (χ4n) is 1.84. The molecule has 0 fully saturated rings. The van der Waals surface area contributed by atoms with Crippen molar-refractivity contribution in [1.29, 1.82) is 0 Å². The molecule has 0 aliphatic rings. The Bertz CT molecular complexity index is 653. The number of ether oxygens (including phenoxy) is 1. The summed E-state index contributed by atoms with van der Waals surface area (Å²) in [5.74, 6) is 1.51. The van der Waals surface area contributed by atoms with Gasteiger partial charge in [0, 0.05) is 12.1 Å². The van der Waals surface area contributed by atoms with Crippen molar-refractivity contribution in [2.45, 2.75) is 19.9 Å². The SMILES string of the molecule is COc1ccc([N+](=O)[O-])cc1-c1n[nH]c([C@H](N)C(C)C)n1. The number of hydrogen-bond acceptors (Lipinski definition) is 6. The number of nitrogens with one attached hydrogen (secondary N) is 1. The van der Waals surface area contributed by atoms with Crippen LogP contribution in [0.25, 0.3) is 11.4 Å². The summed E-state index contributed by atoms with van der Waals surface area (Å²) in [6.07, 6.45) is 0. The Morgan fingerprint density at radius 2 is 2.14 bits per heavy atom. The summed E-state index contributed by atoms with van der Waals surface area (Å²) in [4.78, 5) is 14.7. The van der Waals surface area contributed by atoms with Crippen molar-refractivity contribution >= 4 is 5.69 Å². The van der Waals surface area contributed by atoms with Crippen molar-refractivity contribution in [3.8, 4) is 17.1 Å². The molecule has 0 spiro atoms. The van der Waals surface area contributed by atoms with E-state index in [0.29, 0.717) is 23.0 Å². The molecular formula is C13H17N5O3. The largest absolute Gasteiger partial charge is 0.496 e. The van der Waals surface area contributed by atoms with E-state index in [1.165, 1.54) is 25.3 Å². The molecule has 1 heterocycles. The molecular weight excluding hydrogens is 274 g/mol. The second kappa shape index (κ2) is 5.88. The summed E-state index contributed by atoms with van der Waals surface area (Å²) < 4.78 is 5.20. The zero-order valence-electron chi connectivity index (χ0n) is 12.0. The minimum Gasteiger partial charge on any atom is -0.496 e. The number of nitrogens with zero attached hydrogens (tertiary/aromatic N) is 3. The minimum absolute atomic E-state index is 0.0506. The predicted molar refractivity (Wildman–Crippen MR) is 76.8 cm³/mol. The molecule has 1 aromatic carbocycles. The van der Waals surface area contributed by atoms with Gasteiger partial charge in [0.25, 0.3) is 5.69 Å². The molecule has 0 saturated heterocycles. The van der Waals surface area contributed by atoms with E-state index in [4.69, 9.17) is 10.5 Å². The van der Waals surface area contributed by atoms with Crippen LogP contribution in [0, 0.1) is 16.0 Å². The molecule has 3 N–H and O–H groups in total. The Balaban J connectivity index is 2.45. The Morgan fingerprint density at radius 1 is 1.43 bits per heavy atom. The van der Waals surface area contributed by atoms with Crippen molar-refractivity contribution < 1.29 is 9.66 Å². The monoisotopic (exact) mass is 291 g/mol. The van der Waals surface area contributed by atoms with Crippen LogP contribution < -0.4 is 10.5 Å². The minimum atomic E-state index is -0.476. The van der Waals surface area contributed by atoms with Gasteiger partial charge in [-0.3, -0.25) is 15.2 Å². The lowest BCUT2D eigenvalue weighted by Gasteiger charge is -2.11. The highest BCUT2D eigenvalue weighted by Gasteiger charge is 2.19. The van der Waals surface area contributed by atoms with E-state index in [1.807, 2.05) is 13.8 Å². The van der Waals surface area contributed by atoms with Gasteiger partial charge in [-0.05, 0) is 12.0 Å². The molecule has 112 valence electrons. The van der Waals surface area contributed by atoms with E-state index in [1.54, 1.807) is 0 Å². The van der Waals surface area contributed by atoms with E-state index in [9.17, 15) is 10.1 Å². The van der Waals surface area contributed by atoms with Crippen LogP contribution in [0.2, 0.25) is 0 Å². The Labute approximate surface area is 121 Å². The maximum absolute atomic E-state index is 10.9. The summed E-state index contributed by atoms with van der Waals surface area (Å²) >= 11 is 0. The first kappa shape index (κ1) is 14.9. The molecule has 21 heavy (non-hydrogen) atoms. The number of hydrogen-bond donors (Lipinski definition) is 2. The zero-order valence-corrected chi connectivity index (χ0v) is 12.0. The molecule has 2 aromatic rings. The van der Waals surface area contributed by atoms with E-state index >= 15 is 0 Å². The van der Waals surface area contributed by atoms with Crippen molar-refractivity contribution in [2.24, 2.45) is 11.7 Å². The number of benzene rings is 1. The quantitative estimate of drug-likeness (QED) is 0.642. The van der Waals surface area contributed by atoms with Crippen LogP contribution in [0.15, 0.2) is 18.2 Å². The molecule has 8 heteroatoms. The third-order valence-electron chi connectivity index (χ3n) is 3.17. The first-order valence-corrected chi connectivity index (χ1v) is 6.44. The molecule has 0 radical (unpaired) electrons. The van der Waals surface area contributed by atoms with Crippen LogP contribution in [0.1, 0.15) is 25.7 Å². The standard InChI is InChI=1S/C13H17N5O3/c1-7(2)11(14)13-15-12(16-17-13)9-6-8(18(19)20)4-5-10(9)21-3/h4-7,11H,14H2,1-3H3,(H,15,16,17)/t11-/m1/s1. The highest BCUT2D eigenvalue weighted by atomic mass is 16.6. The van der Waals surface area contributed by atoms with Gasteiger partial charge in [-0.15, -0.1) is 0 Å². The average molecular weight is 291 g/mol. The van der Waals surface area contributed by atoms with E-state index in [2.05, 4.69) is 15.2 Å². The number of nitro groups is 1. The second-order valence-electron chi connectivity index (χ2n) is 4.96. The lowest BCUT2D eigenvalue weighted by atomic mass is 10.1. The normalized spacial score (nSPS) is 12.4. The van der Waals surface area contributed by atoms with Crippen molar-refractivity contribution in [3.05, 3.63) is 34.1 Å². The van der Waals surface area contributed by atoms with Crippen LogP contribution in [0.3, 0.4) is 0 Å². The van der Waals surface area contributed by atoms with Crippen molar-refractivity contribution in [3.63, 3.8) is 0 Å². The molecule has 0 unspecified atom stereocenters. The van der Waals surface area contributed by atoms with Gasteiger partial charge < -0.3 is 10.5 Å². The number of aromatic amines is 1. The average Bonchev–Trinajstić information content (AvgIpc) is 2.95. The highest BCUT2D eigenvalue weighted by molar-refractivity contribution is 5.67. The Hall–Kier alpha value is -2.48. The lowest BCUT2D eigenvalue weighted by molar-refractivity contribution is -0.384. The van der Waals surface area contributed by atoms with E-state index in [0.717, 1.165) is 0 Å². The van der Waals surface area contributed by atoms with Gasteiger partial charge in [0.2, 0.25) is 0 Å². The van der Waals surface area contributed by atoms with Gasteiger partial charge in [-0.1, -0.05) is 13.8 Å². The highest BCUT2D eigenvalue weighted by Crippen LogP contribution is 2.31. The number of non-ortho nitro benzene ring substituents is 1. The van der Waals surface area contributed by atoms with Gasteiger partial charge in [0.05, 0.1) is 23.6 Å². The summed E-state index contributed by atoms with van der Waals surface area (Å²) in [6, 6.07) is 3.99. The first-order chi connectivity index (χ1) is 9.93. The lowest BCUT2D eigenvalue weighted by Crippen LogP contribution is -2.18. The zero-order chi connectivity index (χ0) is 15.6. The van der Waals surface area contributed by atoms with Crippen LogP contribution >= 0.6 is 0 Å². The molecule has 8 nitrogen and oxygen atoms in total. The molecule has 0 aliphatic heterocycles. The summed E-state index contributed by atoms with van der Waals surface area (Å²) in [7, 11) is 1.48. The van der Waals surface area contributed by atoms with Gasteiger partial charge in [-0.25, -0.2) is 4.98 Å². The maximum atomic E-state index is 10.9. The summed E-state index contributed by atoms with van der Waals surface area (Å²) in [6.45, 7) is 3.95. The molecule has 0 bridgehead atoms. The fourth-order valence-corrected chi connectivity index (χ4v) is 1.84. The van der Waals surface area contributed by atoms with Gasteiger partial charge in [0.1, 0.15) is 11.6 Å². The Morgan fingerprint density at radius 3 is 2.71 bits per heavy atom.